The third-order valence-electron chi connectivity index (χ3n) is 6.41. The molecule has 1 aliphatic rings. The summed E-state index contributed by atoms with van der Waals surface area (Å²) in [6.45, 7) is 4.72. The molecule has 5 aromatic carbocycles. The lowest BCUT2D eigenvalue weighted by molar-refractivity contribution is 0.662. The summed E-state index contributed by atoms with van der Waals surface area (Å²) >= 11 is 0. The van der Waals surface area contributed by atoms with Crippen molar-refractivity contribution < 1.29 is 0 Å². The van der Waals surface area contributed by atoms with Crippen LogP contribution in [0.5, 0.6) is 0 Å². The fourth-order valence-corrected chi connectivity index (χ4v) is 4.92. The van der Waals surface area contributed by atoms with Crippen molar-refractivity contribution in [3.8, 4) is 11.1 Å². The van der Waals surface area contributed by atoms with Crippen LogP contribution in [0.4, 0.5) is 0 Å². The van der Waals surface area contributed by atoms with Crippen LogP contribution in [0.15, 0.2) is 84.9 Å². The summed E-state index contributed by atoms with van der Waals surface area (Å²) in [5.41, 5.74) is 5.69. The summed E-state index contributed by atoms with van der Waals surface area (Å²) in [4.78, 5) is 0. The van der Waals surface area contributed by atoms with Gasteiger partial charge in [-0.05, 0) is 78.8 Å². The van der Waals surface area contributed by atoms with Crippen molar-refractivity contribution in [1.29, 1.82) is 0 Å². The molecule has 0 aromatic heterocycles. The molecule has 0 atom stereocenters. The normalized spacial score (nSPS) is 14.6. The first kappa shape index (κ1) is 15.0. The minimum absolute atomic E-state index is 0.0224. The molecule has 27 heavy (non-hydrogen) atoms. The highest BCUT2D eigenvalue weighted by molar-refractivity contribution is 6.10. The molecule has 0 unspecified atom stereocenters. The van der Waals surface area contributed by atoms with Gasteiger partial charge in [0, 0.05) is 5.41 Å². The number of benzene rings is 5. The van der Waals surface area contributed by atoms with Crippen molar-refractivity contribution in [2.24, 2.45) is 0 Å². The fourth-order valence-electron chi connectivity index (χ4n) is 4.92. The molecule has 0 bridgehead atoms. The van der Waals surface area contributed by atoms with E-state index in [-0.39, 0.29) is 5.41 Å². The molecule has 0 amide bonds. The van der Waals surface area contributed by atoms with E-state index in [0.29, 0.717) is 0 Å². The fraction of sp³-hybridized carbons (Fsp3) is 0.111. The maximum atomic E-state index is 2.43. The van der Waals surface area contributed by atoms with Gasteiger partial charge in [-0.2, -0.15) is 0 Å². The third kappa shape index (κ3) is 1.93. The van der Waals surface area contributed by atoms with Crippen molar-refractivity contribution in [2.45, 2.75) is 19.3 Å². The van der Waals surface area contributed by atoms with E-state index in [4.69, 9.17) is 0 Å². The topological polar surface area (TPSA) is 0 Å². The molecule has 0 heterocycles. The van der Waals surface area contributed by atoms with Crippen LogP contribution < -0.4 is 0 Å². The first-order valence-electron chi connectivity index (χ1n) is 9.62. The quantitative estimate of drug-likeness (QED) is 0.256. The van der Waals surface area contributed by atoms with E-state index in [1.165, 1.54) is 54.6 Å². The molecule has 0 spiro atoms. The van der Waals surface area contributed by atoms with Gasteiger partial charge in [-0.3, -0.25) is 0 Å². The van der Waals surface area contributed by atoms with Crippen molar-refractivity contribution >= 4 is 32.3 Å². The van der Waals surface area contributed by atoms with Gasteiger partial charge in [-0.25, -0.2) is 0 Å². The summed E-state index contributed by atoms with van der Waals surface area (Å²) in [7, 11) is 0. The molecule has 128 valence electrons. The zero-order valence-electron chi connectivity index (χ0n) is 15.6. The summed E-state index contributed by atoms with van der Waals surface area (Å²) in [6, 6.07) is 31.5. The number of fused-ring (bicyclic) bond motifs is 7. The van der Waals surface area contributed by atoms with Gasteiger partial charge < -0.3 is 0 Å². The zero-order valence-corrected chi connectivity index (χ0v) is 15.6. The van der Waals surface area contributed by atoms with Crippen LogP contribution >= 0.6 is 0 Å². The lowest BCUT2D eigenvalue weighted by Gasteiger charge is -2.22. The number of rotatable bonds is 0. The molecule has 0 fully saturated rings. The highest BCUT2D eigenvalue weighted by atomic mass is 14.4. The molecule has 0 saturated heterocycles. The molecule has 0 radical (unpaired) electrons. The Balaban J connectivity index is 1.76. The van der Waals surface area contributed by atoms with Crippen molar-refractivity contribution in [1.82, 2.24) is 0 Å². The first-order chi connectivity index (χ1) is 13.1. The zero-order chi connectivity index (χ0) is 18.2. The summed E-state index contributed by atoms with van der Waals surface area (Å²) < 4.78 is 0. The molecule has 0 N–H and O–H groups in total. The molecule has 5 aromatic rings. The Morgan fingerprint density at radius 1 is 0.481 bits per heavy atom. The lowest BCUT2D eigenvalue weighted by Crippen LogP contribution is -2.14. The van der Waals surface area contributed by atoms with E-state index < -0.39 is 0 Å². The smallest absolute Gasteiger partial charge is 0.0159 e. The van der Waals surface area contributed by atoms with E-state index >= 15 is 0 Å². The Labute approximate surface area is 159 Å². The van der Waals surface area contributed by atoms with E-state index in [9.17, 15) is 0 Å². The Morgan fingerprint density at radius 3 is 1.81 bits per heavy atom. The van der Waals surface area contributed by atoms with Crippen LogP contribution in [-0.4, -0.2) is 0 Å². The highest BCUT2D eigenvalue weighted by Gasteiger charge is 2.36. The lowest BCUT2D eigenvalue weighted by atomic mass is 9.81. The van der Waals surface area contributed by atoms with Gasteiger partial charge in [0.1, 0.15) is 0 Å². The second kappa shape index (κ2) is 4.98. The van der Waals surface area contributed by atoms with Gasteiger partial charge in [0.15, 0.2) is 0 Å². The van der Waals surface area contributed by atoms with Crippen LogP contribution in [0.2, 0.25) is 0 Å². The SMILES string of the molecule is CC1(C)c2cc3ccccc3cc2-c2cc3c(ccc4ccccc43)cc21. The van der Waals surface area contributed by atoms with E-state index in [1.807, 2.05) is 0 Å². The van der Waals surface area contributed by atoms with Crippen LogP contribution in [-0.2, 0) is 5.41 Å². The Bertz CT molecular complexity index is 1390. The van der Waals surface area contributed by atoms with Crippen LogP contribution in [0.1, 0.15) is 25.0 Å². The molecule has 0 saturated carbocycles. The Kier molecular flexibility index (Phi) is 2.77. The highest BCUT2D eigenvalue weighted by Crippen LogP contribution is 2.51. The van der Waals surface area contributed by atoms with Crippen LogP contribution in [0, 0.1) is 0 Å². The largest absolute Gasteiger partial charge is 0.0616 e. The minimum atomic E-state index is 0.0224. The van der Waals surface area contributed by atoms with Gasteiger partial charge in [-0.15, -0.1) is 0 Å². The van der Waals surface area contributed by atoms with Gasteiger partial charge in [-0.1, -0.05) is 74.5 Å². The van der Waals surface area contributed by atoms with Crippen molar-refractivity contribution in [2.75, 3.05) is 0 Å². The number of hydrogen-bond donors (Lipinski definition) is 0. The monoisotopic (exact) mass is 344 g/mol. The van der Waals surface area contributed by atoms with Gasteiger partial charge in [0.2, 0.25) is 0 Å². The molecule has 1 aliphatic carbocycles. The summed E-state index contributed by atoms with van der Waals surface area (Å²) in [5.74, 6) is 0. The van der Waals surface area contributed by atoms with Crippen molar-refractivity contribution in [3.63, 3.8) is 0 Å². The summed E-state index contributed by atoms with van der Waals surface area (Å²) in [5, 5.41) is 7.97. The van der Waals surface area contributed by atoms with Gasteiger partial charge in [0.05, 0.1) is 0 Å². The second-order valence-electron chi connectivity index (χ2n) is 8.28. The Morgan fingerprint density at radius 2 is 1.04 bits per heavy atom. The van der Waals surface area contributed by atoms with Gasteiger partial charge >= 0.3 is 0 Å². The third-order valence-corrected chi connectivity index (χ3v) is 6.41. The predicted octanol–water partition coefficient (Wildman–Crippen LogP) is 7.45. The molecular weight excluding hydrogens is 324 g/mol. The predicted molar refractivity (Wildman–Crippen MR) is 117 cm³/mol. The molecular formula is C27H20. The van der Waals surface area contributed by atoms with E-state index in [2.05, 4.69) is 98.8 Å². The average molecular weight is 344 g/mol. The minimum Gasteiger partial charge on any atom is -0.0616 e. The molecule has 0 nitrogen and oxygen atoms in total. The number of hydrogen-bond acceptors (Lipinski definition) is 0. The maximum absolute atomic E-state index is 2.43. The first-order valence-corrected chi connectivity index (χ1v) is 9.62. The Hall–Kier alpha value is -3.12. The van der Waals surface area contributed by atoms with Crippen molar-refractivity contribution in [3.05, 3.63) is 96.1 Å². The van der Waals surface area contributed by atoms with Crippen LogP contribution in [0.3, 0.4) is 0 Å². The van der Waals surface area contributed by atoms with Crippen LogP contribution in [0.25, 0.3) is 43.4 Å². The van der Waals surface area contributed by atoms with Gasteiger partial charge in [0.25, 0.3) is 0 Å². The van der Waals surface area contributed by atoms with E-state index in [0.717, 1.165) is 0 Å². The standard InChI is InChI=1S/C27H20/c1-27(2)25-14-19-9-4-3-8-18(19)13-23(25)24-16-22-20(15-26(24)27)12-11-17-7-5-6-10-21(17)22/h3-16H,1-2H3. The molecule has 0 heteroatoms. The van der Waals surface area contributed by atoms with E-state index in [1.54, 1.807) is 0 Å². The maximum Gasteiger partial charge on any atom is 0.0159 e. The average Bonchev–Trinajstić information content (AvgIpc) is 2.91. The molecule has 6 rings (SSSR count). The second-order valence-corrected chi connectivity index (χ2v) is 8.28. The summed E-state index contributed by atoms with van der Waals surface area (Å²) in [6.07, 6.45) is 0. The molecule has 0 aliphatic heterocycles.